The van der Waals surface area contributed by atoms with Gasteiger partial charge >= 0.3 is 0 Å². The van der Waals surface area contributed by atoms with Gasteiger partial charge in [-0.1, -0.05) is 13.8 Å². The molecule has 0 saturated heterocycles. The predicted octanol–water partition coefficient (Wildman–Crippen LogP) is 0.280. The molecule has 1 heterocycles. The lowest BCUT2D eigenvalue weighted by molar-refractivity contribution is -0.120. The number of hydrogen-bond acceptors (Lipinski definition) is 5. The number of rotatable bonds is 7. The smallest absolute Gasteiger partial charge is 0.251 e. The van der Waals surface area contributed by atoms with Crippen LogP contribution >= 0.6 is 0 Å². The van der Waals surface area contributed by atoms with Gasteiger partial charge in [-0.2, -0.15) is 0 Å². The van der Waals surface area contributed by atoms with E-state index in [-0.39, 0.29) is 30.1 Å². The van der Waals surface area contributed by atoms with Crippen LogP contribution in [0.25, 0.3) is 0 Å². The van der Waals surface area contributed by atoms with E-state index in [0.29, 0.717) is 18.7 Å². The van der Waals surface area contributed by atoms with Gasteiger partial charge in [-0.3, -0.25) is 9.59 Å². The van der Waals surface area contributed by atoms with Gasteiger partial charge in [0.25, 0.3) is 5.91 Å². The van der Waals surface area contributed by atoms with Crippen LogP contribution in [0.1, 0.15) is 35.8 Å². The lowest BCUT2D eigenvalue weighted by Crippen LogP contribution is -2.38. The van der Waals surface area contributed by atoms with Gasteiger partial charge in [0, 0.05) is 24.9 Å². The molecule has 0 saturated carbocycles. The molecular weight excluding hydrogens is 272 g/mol. The van der Waals surface area contributed by atoms with Crippen molar-refractivity contribution in [3.8, 4) is 0 Å². The lowest BCUT2D eigenvalue weighted by Gasteiger charge is -2.10. The first-order valence-corrected chi connectivity index (χ1v) is 6.75. The van der Waals surface area contributed by atoms with E-state index in [0.717, 1.165) is 5.69 Å². The number of nitrogens with one attached hydrogen (secondary N) is 2. The summed E-state index contributed by atoms with van der Waals surface area (Å²) in [5.41, 5.74) is 6.83. The number of nitrogen functional groups attached to an aromatic ring is 1. The number of carbonyl (C=O) groups is 2. The highest BCUT2D eigenvalue weighted by molar-refractivity contribution is 5.97. The number of aromatic nitrogens is 1. The molecule has 0 aliphatic carbocycles. The van der Waals surface area contributed by atoms with Crippen molar-refractivity contribution in [1.29, 1.82) is 0 Å². The Morgan fingerprint density at radius 3 is 2.67 bits per heavy atom. The molecule has 0 aliphatic heterocycles. The average Bonchev–Trinajstić information content (AvgIpc) is 2.44. The minimum Gasteiger partial charge on any atom is -0.384 e. The molecule has 7 nitrogen and oxygen atoms in total. The molecule has 7 heteroatoms. The topological polar surface area (TPSA) is 106 Å². The van der Waals surface area contributed by atoms with Crippen LogP contribution in [-0.4, -0.2) is 43.6 Å². The number of nitrogens with two attached hydrogens (primary N) is 1. The summed E-state index contributed by atoms with van der Waals surface area (Å²) >= 11 is 0. The molecule has 0 fully saturated rings. The minimum atomic E-state index is -0.354. The molecule has 0 bridgehead atoms. The summed E-state index contributed by atoms with van der Waals surface area (Å²) < 4.78 is 4.81. The second-order valence-corrected chi connectivity index (χ2v) is 4.89. The van der Waals surface area contributed by atoms with Crippen LogP contribution < -0.4 is 16.4 Å². The third-order valence-electron chi connectivity index (χ3n) is 2.76. The summed E-state index contributed by atoms with van der Waals surface area (Å²) in [5, 5.41) is 5.16. The standard InChI is InChI=1S/C14H22N4O3/c1-9(2)11-6-10(7-12(15)18-11)14(20)17-8-13(19)16-4-5-21-3/h6-7,9H,4-5,8H2,1-3H3,(H2,15,18)(H,16,19)(H,17,20). The van der Waals surface area contributed by atoms with Crippen LogP contribution in [0.5, 0.6) is 0 Å². The van der Waals surface area contributed by atoms with Gasteiger partial charge in [-0.25, -0.2) is 4.98 Å². The first-order chi connectivity index (χ1) is 9.93. The van der Waals surface area contributed by atoms with Crippen LogP contribution in [0.4, 0.5) is 5.82 Å². The number of anilines is 1. The molecule has 116 valence electrons. The summed E-state index contributed by atoms with van der Waals surface area (Å²) in [5.74, 6) is -0.173. The number of pyridine rings is 1. The Labute approximate surface area is 124 Å². The van der Waals surface area contributed by atoms with E-state index in [2.05, 4.69) is 15.6 Å². The van der Waals surface area contributed by atoms with Crippen molar-refractivity contribution < 1.29 is 14.3 Å². The van der Waals surface area contributed by atoms with Crippen molar-refractivity contribution >= 4 is 17.6 Å². The number of ether oxygens (including phenoxy) is 1. The largest absolute Gasteiger partial charge is 0.384 e. The third kappa shape index (κ3) is 5.78. The van der Waals surface area contributed by atoms with E-state index in [9.17, 15) is 9.59 Å². The zero-order valence-corrected chi connectivity index (χ0v) is 12.6. The van der Waals surface area contributed by atoms with Crippen LogP contribution in [0.15, 0.2) is 12.1 Å². The van der Waals surface area contributed by atoms with Crippen molar-refractivity contribution in [2.75, 3.05) is 32.5 Å². The van der Waals surface area contributed by atoms with Crippen molar-refractivity contribution in [1.82, 2.24) is 15.6 Å². The molecule has 0 aromatic carbocycles. The maximum Gasteiger partial charge on any atom is 0.251 e. The Hall–Kier alpha value is -2.15. The van der Waals surface area contributed by atoms with Gasteiger partial charge in [-0.05, 0) is 18.1 Å². The predicted molar refractivity (Wildman–Crippen MR) is 80.0 cm³/mol. The fourth-order valence-corrected chi connectivity index (χ4v) is 1.62. The Morgan fingerprint density at radius 1 is 1.33 bits per heavy atom. The summed E-state index contributed by atoms with van der Waals surface area (Å²) in [7, 11) is 1.55. The third-order valence-corrected chi connectivity index (χ3v) is 2.76. The van der Waals surface area contributed by atoms with E-state index in [1.807, 2.05) is 13.8 Å². The number of amides is 2. The van der Waals surface area contributed by atoms with Crippen molar-refractivity contribution in [2.24, 2.45) is 0 Å². The molecule has 0 spiro atoms. The fraction of sp³-hybridized carbons (Fsp3) is 0.500. The zero-order valence-electron chi connectivity index (χ0n) is 12.6. The van der Waals surface area contributed by atoms with Crippen molar-refractivity contribution in [3.05, 3.63) is 23.4 Å². The number of carbonyl (C=O) groups excluding carboxylic acids is 2. The van der Waals surface area contributed by atoms with E-state index < -0.39 is 0 Å². The van der Waals surface area contributed by atoms with Crippen molar-refractivity contribution in [3.63, 3.8) is 0 Å². The van der Waals surface area contributed by atoms with Crippen LogP contribution in [0.3, 0.4) is 0 Å². The van der Waals surface area contributed by atoms with Gasteiger partial charge in [0.05, 0.1) is 13.2 Å². The molecule has 1 aromatic heterocycles. The first kappa shape index (κ1) is 16.9. The quantitative estimate of drug-likeness (QED) is 0.626. The fourth-order valence-electron chi connectivity index (χ4n) is 1.62. The second kappa shape index (κ2) is 8.21. The summed E-state index contributed by atoms with van der Waals surface area (Å²) in [6.07, 6.45) is 0. The Kier molecular flexibility index (Phi) is 6.61. The monoisotopic (exact) mass is 294 g/mol. The Bertz CT molecular complexity index is 503. The molecule has 21 heavy (non-hydrogen) atoms. The van der Waals surface area contributed by atoms with Gasteiger partial charge < -0.3 is 21.1 Å². The maximum absolute atomic E-state index is 12.0. The molecule has 0 atom stereocenters. The number of hydrogen-bond donors (Lipinski definition) is 3. The van der Waals surface area contributed by atoms with Gasteiger partial charge in [0.15, 0.2) is 0 Å². The lowest BCUT2D eigenvalue weighted by atomic mass is 10.1. The molecular formula is C14H22N4O3. The SMILES string of the molecule is COCCNC(=O)CNC(=O)c1cc(N)nc(C(C)C)c1. The number of nitrogens with zero attached hydrogens (tertiary/aromatic N) is 1. The highest BCUT2D eigenvalue weighted by atomic mass is 16.5. The van der Waals surface area contributed by atoms with Gasteiger partial charge in [0.2, 0.25) is 5.91 Å². The van der Waals surface area contributed by atoms with Crippen LogP contribution in [-0.2, 0) is 9.53 Å². The molecule has 4 N–H and O–H groups in total. The number of methoxy groups -OCH3 is 1. The molecule has 0 unspecified atom stereocenters. The van der Waals surface area contributed by atoms with Gasteiger partial charge in [0.1, 0.15) is 5.82 Å². The molecule has 1 aromatic rings. The van der Waals surface area contributed by atoms with Crippen molar-refractivity contribution in [2.45, 2.75) is 19.8 Å². The van der Waals surface area contributed by atoms with Crippen LogP contribution in [0.2, 0.25) is 0 Å². The van der Waals surface area contributed by atoms with E-state index in [4.69, 9.17) is 10.5 Å². The van der Waals surface area contributed by atoms with E-state index in [1.54, 1.807) is 13.2 Å². The summed E-state index contributed by atoms with van der Waals surface area (Å²) in [4.78, 5) is 27.6. The highest BCUT2D eigenvalue weighted by Crippen LogP contribution is 2.15. The summed E-state index contributed by atoms with van der Waals surface area (Å²) in [6.45, 7) is 4.67. The van der Waals surface area contributed by atoms with Crippen LogP contribution in [0, 0.1) is 0 Å². The Balaban J connectivity index is 2.57. The first-order valence-electron chi connectivity index (χ1n) is 6.75. The minimum absolute atomic E-state index is 0.0954. The summed E-state index contributed by atoms with van der Waals surface area (Å²) in [6, 6.07) is 3.17. The van der Waals surface area contributed by atoms with Gasteiger partial charge in [-0.15, -0.1) is 0 Å². The highest BCUT2D eigenvalue weighted by Gasteiger charge is 2.12. The van der Waals surface area contributed by atoms with E-state index >= 15 is 0 Å². The molecule has 2 amide bonds. The maximum atomic E-state index is 12.0. The Morgan fingerprint density at radius 2 is 2.05 bits per heavy atom. The second-order valence-electron chi connectivity index (χ2n) is 4.89. The van der Waals surface area contributed by atoms with E-state index in [1.165, 1.54) is 6.07 Å². The molecule has 1 rings (SSSR count). The average molecular weight is 294 g/mol. The zero-order chi connectivity index (χ0) is 15.8. The molecule has 0 aliphatic rings. The molecule has 0 radical (unpaired) electrons. The normalized spacial score (nSPS) is 10.5.